The molecule has 1 aromatic carbocycles. The van der Waals surface area contributed by atoms with Crippen LogP contribution in [0.4, 0.5) is 5.69 Å². The zero-order chi connectivity index (χ0) is 8.10. The molecule has 0 saturated carbocycles. The van der Waals surface area contributed by atoms with Crippen molar-refractivity contribution in [3.05, 3.63) is 37.4 Å². The summed E-state index contributed by atoms with van der Waals surface area (Å²) in [6.45, 7) is 3.17. The molecule has 0 amide bonds. The zero-order valence-electron chi connectivity index (χ0n) is 6.96. The van der Waals surface area contributed by atoms with Gasteiger partial charge in [0.1, 0.15) is 0 Å². The Kier molecular flexibility index (Phi) is 2.96. The maximum atomic E-state index is 3.93. The van der Waals surface area contributed by atoms with E-state index in [1.54, 1.807) is 0 Å². The molecule has 1 aromatic rings. The van der Waals surface area contributed by atoms with Crippen molar-refractivity contribution in [2.75, 3.05) is 11.4 Å². The third-order valence-electron chi connectivity index (χ3n) is 1.61. The van der Waals surface area contributed by atoms with Crippen LogP contribution < -0.4 is 4.90 Å². The van der Waals surface area contributed by atoms with Crippen molar-refractivity contribution < 1.29 is 0 Å². The Labute approximate surface area is 68.7 Å². The van der Waals surface area contributed by atoms with E-state index in [1.807, 2.05) is 23.1 Å². The summed E-state index contributed by atoms with van der Waals surface area (Å²) in [5.74, 6) is 0. The van der Waals surface area contributed by atoms with E-state index >= 15 is 0 Å². The number of hydrogen-bond acceptors (Lipinski definition) is 1. The van der Waals surface area contributed by atoms with E-state index in [0.29, 0.717) is 0 Å². The SMILES string of the molecule is [CH2]N(CCC)c1ccccc1. The van der Waals surface area contributed by atoms with Crippen LogP contribution in [0, 0.1) is 7.05 Å². The Morgan fingerprint density at radius 1 is 1.27 bits per heavy atom. The van der Waals surface area contributed by atoms with Crippen LogP contribution in [0.25, 0.3) is 0 Å². The van der Waals surface area contributed by atoms with Crippen LogP contribution in [0.15, 0.2) is 30.3 Å². The molecular formula is C10H14N. The van der Waals surface area contributed by atoms with Crippen molar-refractivity contribution in [2.45, 2.75) is 13.3 Å². The first-order valence-electron chi connectivity index (χ1n) is 3.97. The van der Waals surface area contributed by atoms with Gasteiger partial charge in [-0.15, -0.1) is 0 Å². The lowest BCUT2D eigenvalue weighted by atomic mass is 10.3. The van der Waals surface area contributed by atoms with Gasteiger partial charge in [-0.25, -0.2) is 0 Å². The highest BCUT2D eigenvalue weighted by Crippen LogP contribution is 2.11. The van der Waals surface area contributed by atoms with E-state index < -0.39 is 0 Å². The maximum Gasteiger partial charge on any atom is 0.0366 e. The molecular weight excluding hydrogens is 134 g/mol. The average molecular weight is 148 g/mol. The summed E-state index contributed by atoms with van der Waals surface area (Å²) in [6.07, 6.45) is 1.14. The molecule has 0 saturated heterocycles. The highest BCUT2D eigenvalue weighted by Gasteiger charge is 1.95. The minimum absolute atomic E-state index is 1.02. The van der Waals surface area contributed by atoms with Gasteiger partial charge in [-0.3, -0.25) is 0 Å². The van der Waals surface area contributed by atoms with Crippen LogP contribution in [0.1, 0.15) is 13.3 Å². The molecule has 11 heavy (non-hydrogen) atoms. The zero-order valence-corrected chi connectivity index (χ0v) is 6.96. The smallest absolute Gasteiger partial charge is 0.0366 e. The second-order valence-corrected chi connectivity index (χ2v) is 2.60. The molecule has 0 unspecified atom stereocenters. The minimum Gasteiger partial charge on any atom is -0.370 e. The molecule has 0 bridgehead atoms. The molecule has 0 heterocycles. The average Bonchev–Trinajstić information content (AvgIpc) is 2.07. The van der Waals surface area contributed by atoms with Gasteiger partial charge in [0.15, 0.2) is 0 Å². The Balaban J connectivity index is 2.61. The Hall–Kier alpha value is -0.980. The van der Waals surface area contributed by atoms with Gasteiger partial charge in [0.2, 0.25) is 0 Å². The fraction of sp³-hybridized carbons (Fsp3) is 0.300. The largest absolute Gasteiger partial charge is 0.370 e. The van der Waals surface area contributed by atoms with Crippen molar-refractivity contribution in [3.8, 4) is 0 Å². The standard InChI is InChI=1S/C10H14N/c1-3-9-11(2)10-7-5-4-6-8-10/h4-8H,2-3,9H2,1H3. The van der Waals surface area contributed by atoms with Gasteiger partial charge in [0.05, 0.1) is 0 Å². The van der Waals surface area contributed by atoms with Gasteiger partial charge in [-0.1, -0.05) is 25.1 Å². The maximum absolute atomic E-state index is 3.93. The lowest BCUT2D eigenvalue weighted by Crippen LogP contribution is -2.14. The highest BCUT2D eigenvalue weighted by molar-refractivity contribution is 5.45. The third-order valence-corrected chi connectivity index (χ3v) is 1.61. The van der Waals surface area contributed by atoms with E-state index in [9.17, 15) is 0 Å². The van der Waals surface area contributed by atoms with E-state index in [4.69, 9.17) is 0 Å². The number of para-hydroxylation sites is 1. The van der Waals surface area contributed by atoms with E-state index in [0.717, 1.165) is 13.0 Å². The topological polar surface area (TPSA) is 3.24 Å². The second-order valence-electron chi connectivity index (χ2n) is 2.60. The first kappa shape index (κ1) is 8.12. The first-order valence-corrected chi connectivity index (χ1v) is 3.97. The molecule has 0 atom stereocenters. The molecule has 1 rings (SSSR count). The van der Waals surface area contributed by atoms with Gasteiger partial charge < -0.3 is 4.90 Å². The number of rotatable bonds is 3. The summed E-state index contributed by atoms with van der Waals surface area (Å²) in [5.41, 5.74) is 1.19. The van der Waals surface area contributed by atoms with Crippen LogP contribution >= 0.6 is 0 Å². The second kappa shape index (κ2) is 4.02. The summed E-state index contributed by atoms with van der Waals surface area (Å²) in [7, 11) is 3.93. The first-order chi connectivity index (χ1) is 5.34. The molecule has 0 aliphatic rings. The van der Waals surface area contributed by atoms with Crippen molar-refractivity contribution >= 4 is 5.69 Å². The van der Waals surface area contributed by atoms with Gasteiger partial charge >= 0.3 is 0 Å². The Morgan fingerprint density at radius 3 is 2.45 bits per heavy atom. The minimum atomic E-state index is 1.02. The summed E-state index contributed by atoms with van der Waals surface area (Å²) in [6, 6.07) is 10.2. The molecule has 1 radical (unpaired) electrons. The van der Waals surface area contributed by atoms with Gasteiger partial charge in [-0.05, 0) is 18.6 Å². The molecule has 0 fully saturated rings. The van der Waals surface area contributed by atoms with Crippen molar-refractivity contribution in [1.29, 1.82) is 0 Å². The third kappa shape index (κ3) is 2.26. The summed E-state index contributed by atoms with van der Waals surface area (Å²) >= 11 is 0. The van der Waals surface area contributed by atoms with Gasteiger partial charge in [0.25, 0.3) is 0 Å². The van der Waals surface area contributed by atoms with Gasteiger partial charge in [-0.2, -0.15) is 0 Å². The summed E-state index contributed by atoms with van der Waals surface area (Å²) < 4.78 is 0. The molecule has 1 nitrogen and oxygen atoms in total. The molecule has 1 heteroatoms. The summed E-state index contributed by atoms with van der Waals surface area (Å²) in [4.78, 5) is 2.01. The van der Waals surface area contributed by atoms with E-state index in [-0.39, 0.29) is 0 Å². The Morgan fingerprint density at radius 2 is 1.91 bits per heavy atom. The number of hydrogen-bond donors (Lipinski definition) is 0. The monoisotopic (exact) mass is 148 g/mol. The predicted octanol–water partition coefficient (Wildman–Crippen LogP) is 2.69. The van der Waals surface area contributed by atoms with Crippen LogP contribution in [0.2, 0.25) is 0 Å². The predicted molar refractivity (Wildman–Crippen MR) is 49.4 cm³/mol. The molecule has 0 N–H and O–H groups in total. The fourth-order valence-electron chi connectivity index (χ4n) is 1.04. The molecule has 0 aliphatic heterocycles. The fourth-order valence-corrected chi connectivity index (χ4v) is 1.04. The lowest BCUT2D eigenvalue weighted by molar-refractivity contribution is 0.878. The van der Waals surface area contributed by atoms with Crippen molar-refractivity contribution in [1.82, 2.24) is 0 Å². The summed E-state index contributed by atoms with van der Waals surface area (Å²) in [5, 5.41) is 0. The number of anilines is 1. The van der Waals surface area contributed by atoms with Crippen LogP contribution in [0.3, 0.4) is 0 Å². The molecule has 59 valence electrons. The normalized spacial score (nSPS) is 9.64. The molecule has 0 spiro atoms. The quantitative estimate of drug-likeness (QED) is 0.637. The van der Waals surface area contributed by atoms with Gasteiger partial charge in [0, 0.05) is 19.3 Å². The van der Waals surface area contributed by atoms with Crippen LogP contribution in [-0.2, 0) is 0 Å². The lowest BCUT2D eigenvalue weighted by Gasteiger charge is -2.17. The number of nitrogens with zero attached hydrogens (tertiary/aromatic N) is 1. The van der Waals surface area contributed by atoms with E-state index in [1.165, 1.54) is 5.69 Å². The van der Waals surface area contributed by atoms with Crippen LogP contribution in [0.5, 0.6) is 0 Å². The molecule has 0 aliphatic carbocycles. The highest BCUT2D eigenvalue weighted by atomic mass is 15.1. The molecule has 0 aromatic heterocycles. The van der Waals surface area contributed by atoms with E-state index in [2.05, 4.69) is 26.1 Å². The Bertz CT molecular complexity index is 193. The number of benzene rings is 1. The van der Waals surface area contributed by atoms with Crippen LogP contribution in [-0.4, -0.2) is 6.54 Å². The van der Waals surface area contributed by atoms with Crippen molar-refractivity contribution in [2.24, 2.45) is 0 Å². The van der Waals surface area contributed by atoms with Crippen molar-refractivity contribution in [3.63, 3.8) is 0 Å².